The molecule has 5 aromatic carbocycles. The Hall–Kier alpha value is -6.51. The molecule has 0 N–H and O–H groups in total. The molecule has 58 heavy (non-hydrogen) atoms. The molecule has 5 nitrogen and oxygen atoms in total. The van der Waals surface area contributed by atoms with E-state index in [0.29, 0.717) is 61.3 Å². The van der Waals surface area contributed by atoms with Gasteiger partial charge in [0.2, 0.25) is 0 Å². The summed E-state index contributed by atoms with van der Waals surface area (Å²) in [6, 6.07) is 45.3. The smallest absolute Gasteiger partial charge is 0.499 e. The molecule has 9 aromatic rings. The number of aromatic nitrogens is 3. The van der Waals surface area contributed by atoms with E-state index in [-0.39, 0.29) is 36.8 Å². The number of hydrogen-bond acceptors (Lipinski definition) is 5. The van der Waals surface area contributed by atoms with Crippen LogP contribution in [0.4, 0.5) is 0 Å². The second-order valence-corrected chi connectivity index (χ2v) is 12.9. The zero-order valence-electron chi connectivity index (χ0n) is 42.5. The molecule has 0 aliphatic heterocycles. The fourth-order valence-corrected chi connectivity index (χ4v) is 6.29. The number of pyridine rings is 3. The monoisotopic (exact) mass is 938 g/mol. The van der Waals surface area contributed by atoms with E-state index < -0.39 is 54.9 Å². The Morgan fingerprint density at radius 1 is 0.500 bits per heavy atom. The number of aryl methyl sites for hydroxylation is 6. The van der Waals surface area contributed by atoms with Crippen LogP contribution in [0.1, 0.15) is 55.4 Å². The molecular formula is C52H37IrN4O. The van der Waals surface area contributed by atoms with Gasteiger partial charge in [-0.25, -0.2) is 0 Å². The first kappa shape index (κ1) is 26.4. The van der Waals surface area contributed by atoms with Crippen LogP contribution in [0.5, 0.6) is 0 Å². The van der Waals surface area contributed by atoms with Crippen LogP contribution in [-0.4, -0.2) is 15.0 Å². The largest absolute Gasteiger partial charge is 3.00 e. The Bertz CT molecular complexity index is 3280. The van der Waals surface area contributed by atoms with Crippen molar-refractivity contribution >= 4 is 21.9 Å². The van der Waals surface area contributed by atoms with Crippen molar-refractivity contribution in [3.05, 3.63) is 209 Å². The molecule has 0 spiro atoms. The minimum atomic E-state index is -3.13. The average molecular weight is 938 g/mol. The molecule has 0 amide bonds. The minimum absolute atomic E-state index is 0. The molecule has 0 radical (unpaired) electrons. The predicted octanol–water partition coefficient (Wildman–Crippen LogP) is 11.4. The summed E-state index contributed by atoms with van der Waals surface area (Å²) in [4.78, 5) is 13.2. The summed E-state index contributed by atoms with van der Waals surface area (Å²) in [5.74, 6) is 0. The van der Waals surface area contributed by atoms with Gasteiger partial charge < -0.3 is 19.4 Å². The van der Waals surface area contributed by atoms with Gasteiger partial charge in [-0.05, 0) is 94.8 Å². The summed E-state index contributed by atoms with van der Waals surface area (Å²) in [6.45, 7) is 0. The maximum atomic E-state index is 9.69. The molecule has 280 valence electrons. The topological polar surface area (TPSA) is 75.6 Å². The molecule has 0 atom stereocenters. The molecule has 0 unspecified atom stereocenters. The Morgan fingerprint density at radius 3 is 1.47 bits per heavy atom. The molecule has 0 aliphatic rings. The van der Waals surface area contributed by atoms with E-state index in [1.54, 1.807) is 72.8 Å². The fraction of sp³-hybridized carbons (Fsp3) is 0.115. The van der Waals surface area contributed by atoms with Crippen molar-refractivity contribution < 1.29 is 41.0 Å². The van der Waals surface area contributed by atoms with Gasteiger partial charge in [0.25, 0.3) is 0 Å². The van der Waals surface area contributed by atoms with E-state index in [9.17, 15) is 21.7 Å². The van der Waals surface area contributed by atoms with Crippen molar-refractivity contribution in [3.8, 4) is 39.8 Å². The first-order valence-electron chi connectivity index (χ1n) is 24.0. The third-order valence-corrected chi connectivity index (χ3v) is 9.08. The Morgan fingerprint density at radius 2 is 1.00 bits per heavy atom. The molecule has 4 heterocycles. The van der Waals surface area contributed by atoms with Gasteiger partial charge in [0.15, 0.2) is 0 Å². The van der Waals surface area contributed by atoms with Gasteiger partial charge in [0.05, 0.1) is 11.1 Å². The first-order valence-corrected chi connectivity index (χ1v) is 18.0. The average Bonchev–Trinajstić information content (AvgIpc) is 3.76. The van der Waals surface area contributed by atoms with E-state index in [4.69, 9.17) is 4.42 Å². The maximum absolute atomic E-state index is 9.69. The van der Waals surface area contributed by atoms with Crippen molar-refractivity contribution in [1.82, 2.24) is 15.0 Å². The van der Waals surface area contributed by atoms with E-state index in [1.807, 2.05) is 6.07 Å². The molecule has 0 saturated carbocycles. The van der Waals surface area contributed by atoms with Crippen LogP contribution in [0.15, 0.2) is 156 Å². The summed E-state index contributed by atoms with van der Waals surface area (Å²) >= 11 is 0. The van der Waals surface area contributed by atoms with Crippen LogP contribution < -0.4 is 0 Å². The SMILES string of the molecule is [2H]C([2H])(c1ccc(-c2[c-]cccc2)nc1)C([2H])([2H])c1cc(C([2H])([2H])C([2H])([2H])c2ccc(-c3[c-]cccc3)nc2)cc(C([2H])([2H])C([2H])([2H])c2ccc(-c3[c-]ccc4c3oc3c(C#N)cccc34)nc2)c1.[Ir+3]. The zero-order valence-corrected chi connectivity index (χ0v) is 32.9. The van der Waals surface area contributed by atoms with Gasteiger partial charge in [-0.3, -0.25) is 0 Å². The number of hydrogen-bond donors (Lipinski definition) is 0. The van der Waals surface area contributed by atoms with Gasteiger partial charge in [-0.1, -0.05) is 77.7 Å². The molecule has 0 bridgehead atoms. The maximum Gasteiger partial charge on any atom is 3.00 e. The third kappa shape index (κ3) is 8.57. The number of para-hydroxylation sites is 1. The summed E-state index contributed by atoms with van der Waals surface area (Å²) < 4.78 is 118. The van der Waals surface area contributed by atoms with Crippen LogP contribution in [0, 0.1) is 29.5 Å². The van der Waals surface area contributed by atoms with Crippen molar-refractivity contribution in [2.24, 2.45) is 0 Å². The number of nitriles is 1. The van der Waals surface area contributed by atoms with Crippen LogP contribution in [-0.2, 0) is 58.3 Å². The minimum Gasteiger partial charge on any atom is -0.499 e. The van der Waals surface area contributed by atoms with Crippen LogP contribution in [0.2, 0.25) is 0 Å². The van der Waals surface area contributed by atoms with Crippen molar-refractivity contribution in [2.75, 3.05) is 0 Å². The van der Waals surface area contributed by atoms with Crippen molar-refractivity contribution in [2.45, 2.75) is 38.2 Å². The molecular weight excluding hydrogens is 889 g/mol. The second kappa shape index (κ2) is 17.7. The van der Waals surface area contributed by atoms with Crippen LogP contribution >= 0.6 is 0 Å². The number of rotatable bonds is 12. The quantitative estimate of drug-likeness (QED) is 0.114. The number of fused-ring (bicyclic) bond motifs is 3. The Kier molecular flexibility index (Phi) is 8.08. The van der Waals surface area contributed by atoms with Gasteiger partial charge in [0, 0.05) is 40.4 Å². The fourth-order valence-electron chi connectivity index (χ4n) is 6.29. The standard InChI is InChI=1S/C52H37N4O.Ir/c53-32-44-13-7-14-45-46-15-8-16-47(52(46)57-51(44)45)50-28-25-38(35-56-50)19-22-41-30-39(20-17-36-23-26-48(54-33-36)42-9-3-1-4-10-42)29-40(31-41)21-18-37-24-27-49(55-34-37)43-11-5-2-6-12-43;/h1-9,11,13-15,23-31,33-35H,17-22H2;/q-3;+3/i17D2,18D2,19D2,20D2,21D2,22D2;. The number of nitrogens with zero attached hydrogens (tertiary/aromatic N) is 4. The van der Waals surface area contributed by atoms with E-state index in [1.165, 1.54) is 48.8 Å². The summed E-state index contributed by atoms with van der Waals surface area (Å²) in [5, 5.41) is 11.1. The molecule has 4 aromatic heterocycles. The van der Waals surface area contributed by atoms with Crippen LogP contribution in [0.3, 0.4) is 0 Å². The summed E-state index contributed by atoms with van der Waals surface area (Å²) in [6.07, 6.45) is -14.7. The summed E-state index contributed by atoms with van der Waals surface area (Å²) in [7, 11) is 0. The second-order valence-electron chi connectivity index (χ2n) is 12.9. The normalized spacial score (nSPS) is 15.6. The summed E-state index contributed by atoms with van der Waals surface area (Å²) in [5.41, 5.74) is 1.45. The molecule has 0 saturated heterocycles. The van der Waals surface area contributed by atoms with Gasteiger partial charge in [-0.15, -0.1) is 90.0 Å². The van der Waals surface area contributed by atoms with E-state index in [0.717, 1.165) is 24.4 Å². The van der Waals surface area contributed by atoms with Gasteiger partial charge in [0.1, 0.15) is 11.7 Å². The van der Waals surface area contributed by atoms with Crippen molar-refractivity contribution in [3.63, 3.8) is 0 Å². The molecule has 9 rings (SSSR count). The van der Waals surface area contributed by atoms with Crippen molar-refractivity contribution in [1.29, 1.82) is 5.26 Å². The molecule has 6 heteroatoms. The van der Waals surface area contributed by atoms with Gasteiger partial charge >= 0.3 is 20.1 Å². The third-order valence-electron chi connectivity index (χ3n) is 9.08. The number of benzene rings is 5. The first-order chi connectivity index (χ1) is 32.7. The predicted molar refractivity (Wildman–Crippen MR) is 226 cm³/mol. The number of furan rings is 1. The Balaban J connectivity index is 0.00000659. The van der Waals surface area contributed by atoms with E-state index in [2.05, 4.69) is 39.2 Å². The zero-order chi connectivity index (χ0) is 49.1. The molecule has 0 fully saturated rings. The Labute approximate surface area is 369 Å². The van der Waals surface area contributed by atoms with E-state index >= 15 is 0 Å². The van der Waals surface area contributed by atoms with Crippen LogP contribution in [0.25, 0.3) is 55.7 Å². The molecule has 0 aliphatic carbocycles. The van der Waals surface area contributed by atoms with Gasteiger partial charge in [-0.2, -0.15) is 5.26 Å².